The van der Waals surface area contributed by atoms with Crippen LogP contribution in [0, 0.1) is 34.0 Å². The number of benzene rings is 1. The van der Waals surface area contributed by atoms with Crippen LogP contribution in [0.25, 0.3) is 0 Å². The molecular weight excluding hydrogens is 407 g/mol. The van der Waals surface area contributed by atoms with Crippen LogP contribution in [0.1, 0.15) is 60.7 Å². The van der Waals surface area contributed by atoms with Gasteiger partial charge in [0.1, 0.15) is 11.1 Å². The summed E-state index contributed by atoms with van der Waals surface area (Å²) in [7, 11) is 0. The minimum atomic E-state index is -4.61. The van der Waals surface area contributed by atoms with Gasteiger partial charge in [0.25, 0.3) is 0 Å². The van der Waals surface area contributed by atoms with Crippen molar-refractivity contribution < 1.29 is 13.2 Å². The van der Waals surface area contributed by atoms with Crippen molar-refractivity contribution in [2.24, 2.45) is 11.3 Å². The lowest BCUT2D eigenvalue weighted by atomic mass is 9.70. The zero-order valence-corrected chi connectivity index (χ0v) is 17.9. The van der Waals surface area contributed by atoms with E-state index in [0.29, 0.717) is 23.4 Å². The van der Waals surface area contributed by atoms with Crippen LogP contribution in [0.2, 0.25) is 0 Å². The van der Waals surface area contributed by atoms with Crippen molar-refractivity contribution in [3.8, 4) is 12.1 Å². The average Bonchev–Trinajstić information content (AvgIpc) is 2.69. The molecule has 0 saturated heterocycles. The fourth-order valence-corrected chi connectivity index (χ4v) is 4.78. The maximum Gasteiger partial charge on any atom is 0.418 e. The van der Waals surface area contributed by atoms with Gasteiger partial charge in [-0.05, 0) is 53.9 Å². The van der Waals surface area contributed by atoms with E-state index in [2.05, 4.69) is 4.98 Å². The van der Waals surface area contributed by atoms with Gasteiger partial charge in [0, 0.05) is 11.4 Å². The Morgan fingerprint density at radius 3 is 2.30 bits per heavy atom. The maximum absolute atomic E-state index is 14.1. The number of alkyl halides is 3. The van der Waals surface area contributed by atoms with E-state index in [4.69, 9.17) is 5.26 Å². The normalized spacial score (nSPS) is 16.5. The summed E-state index contributed by atoms with van der Waals surface area (Å²) in [6.07, 6.45) is -3.06. The topological polar surface area (TPSA) is 60.5 Å². The van der Waals surface area contributed by atoms with E-state index in [1.165, 1.54) is 0 Å². The summed E-state index contributed by atoms with van der Waals surface area (Å²) in [5.41, 5.74) is 0.707. The fourth-order valence-electron chi connectivity index (χ4n) is 3.82. The molecule has 0 bridgehead atoms. The van der Waals surface area contributed by atoms with E-state index < -0.39 is 11.7 Å². The van der Waals surface area contributed by atoms with Crippen LogP contribution in [0.4, 0.5) is 13.2 Å². The Balaban J connectivity index is 2.01. The quantitative estimate of drug-likeness (QED) is 0.538. The lowest BCUT2D eigenvalue weighted by Crippen LogP contribution is -2.30. The molecule has 156 valence electrons. The van der Waals surface area contributed by atoms with Crippen LogP contribution < -0.4 is 0 Å². The van der Waals surface area contributed by atoms with E-state index in [1.807, 2.05) is 26.8 Å². The third-order valence-electron chi connectivity index (χ3n) is 5.61. The van der Waals surface area contributed by atoms with E-state index >= 15 is 0 Å². The zero-order chi connectivity index (χ0) is 22.1. The third kappa shape index (κ3) is 4.63. The van der Waals surface area contributed by atoms with Crippen LogP contribution in [0.15, 0.2) is 29.3 Å². The molecule has 0 N–H and O–H groups in total. The van der Waals surface area contributed by atoms with E-state index in [9.17, 15) is 18.4 Å². The molecule has 0 amide bonds. The van der Waals surface area contributed by atoms with Crippen molar-refractivity contribution in [1.82, 2.24) is 4.98 Å². The molecule has 0 unspecified atom stereocenters. The highest BCUT2D eigenvalue weighted by Crippen LogP contribution is 2.45. The SMILES string of the molecule is CC(C)(C)[C@@H]1CCc2nc(SCc3ccc(C#N)cc3)c(C#N)c(C(F)(F)F)c2C1. The molecule has 7 heteroatoms. The van der Waals surface area contributed by atoms with Gasteiger partial charge >= 0.3 is 6.18 Å². The Labute approximate surface area is 178 Å². The number of rotatable bonds is 3. The zero-order valence-electron chi connectivity index (χ0n) is 17.1. The highest BCUT2D eigenvalue weighted by Gasteiger charge is 2.42. The Morgan fingerprint density at radius 2 is 1.77 bits per heavy atom. The summed E-state index contributed by atoms with van der Waals surface area (Å²) >= 11 is 1.13. The maximum atomic E-state index is 14.1. The molecule has 1 aromatic heterocycles. The molecule has 1 aromatic carbocycles. The molecule has 30 heavy (non-hydrogen) atoms. The minimum Gasteiger partial charge on any atom is -0.245 e. The molecule has 3 nitrogen and oxygen atoms in total. The van der Waals surface area contributed by atoms with Gasteiger partial charge in [0.2, 0.25) is 0 Å². The molecule has 1 aliphatic rings. The first-order chi connectivity index (χ1) is 14.0. The van der Waals surface area contributed by atoms with Gasteiger partial charge in [0.05, 0.1) is 22.8 Å². The van der Waals surface area contributed by atoms with Crippen LogP contribution in [0.5, 0.6) is 0 Å². The van der Waals surface area contributed by atoms with E-state index in [-0.39, 0.29) is 33.9 Å². The first-order valence-electron chi connectivity index (χ1n) is 9.69. The molecule has 0 radical (unpaired) electrons. The summed E-state index contributed by atoms with van der Waals surface area (Å²) in [4.78, 5) is 4.51. The van der Waals surface area contributed by atoms with Gasteiger partial charge in [-0.15, -0.1) is 11.8 Å². The first kappa shape index (κ1) is 22.2. The predicted octanol–water partition coefficient (Wildman–Crippen LogP) is 6.29. The third-order valence-corrected chi connectivity index (χ3v) is 6.66. The lowest BCUT2D eigenvalue weighted by molar-refractivity contribution is -0.139. The Bertz CT molecular complexity index is 1020. The Hall–Kier alpha value is -2.51. The summed E-state index contributed by atoms with van der Waals surface area (Å²) < 4.78 is 42.2. The number of halogens is 3. The lowest BCUT2D eigenvalue weighted by Gasteiger charge is -2.36. The molecule has 1 atom stereocenters. The van der Waals surface area contributed by atoms with Crippen molar-refractivity contribution >= 4 is 11.8 Å². The van der Waals surface area contributed by atoms with Gasteiger partial charge < -0.3 is 0 Å². The van der Waals surface area contributed by atoms with Crippen LogP contribution in [-0.2, 0) is 24.8 Å². The molecule has 2 aromatic rings. The summed E-state index contributed by atoms with van der Waals surface area (Å²) in [6.45, 7) is 6.11. The molecule has 1 aliphatic carbocycles. The van der Waals surface area contributed by atoms with Gasteiger partial charge in [-0.2, -0.15) is 23.7 Å². The second-order valence-corrected chi connectivity index (χ2v) is 9.57. The second-order valence-electron chi connectivity index (χ2n) is 8.60. The van der Waals surface area contributed by atoms with Crippen LogP contribution >= 0.6 is 11.8 Å². The molecule has 1 heterocycles. The number of aryl methyl sites for hydroxylation is 1. The highest BCUT2D eigenvalue weighted by atomic mass is 32.2. The number of hydrogen-bond acceptors (Lipinski definition) is 4. The van der Waals surface area contributed by atoms with Crippen LogP contribution in [0.3, 0.4) is 0 Å². The molecular formula is C23H22F3N3S. The number of nitriles is 2. The van der Waals surface area contributed by atoms with E-state index in [0.717, 1.165) is 23.7 Å². The number of thioether (sulfide) groups is 1. The highest BCUT2D eigenvalue weighted by molar-refractivity contribution is 7.98. The van der Waals surface area contributed by atoms with Crippen LogP contribution in [-0.4, -0.2) is 4.98 Å². The Morgan fingerprint density at radius 1 is 1.10 bits per heavy atom. The largest absolute Gasteiger partial charge is 0.418 e. The molecule has 0 aliphatic heterocycles. The van der Waals surface area contributed by atoms with Crippen molar-refractivity contribution in [2.45, 2.75) is 57.0 Å². The standard InChI is InChI=1S/C23H22F3N3S/c1-22(2,3)16-8-9-19-17(10-16)20(23(24,25)26)18(12-28)21(29-19)30-13-15-6-4-14(11-27)5-7-15/h4-7,16H,8-10,13H2,1-3H3/t16-/m1/s1. The van der Waals surface area contributed by atoms with Crippen molar-refractivity contribution in [1.29, 1.82) is 10.5 Å². The molecule has 3 rings (SSSR count). The van der Waals surface area contributed by atoms with E-state index in [1.54, 1.807) is 30.3 Å². The predicted molar refractivity (Wildman–Crippen MR) is 110 cm³/mol. The number of hydrogen-bond donors (Lipinski definition) is 0. The van der Waals surface area contributed by atoms with Gasteiger partial charge in [-0.3, -0.25) is 0 Å². The Kier molecular flexibility index (Phi) is 6.15. The molecule has 0 fully saturated rings. The summed E-state index contributed by atoms with van der Waals surface area (Å²) in [6, 6.07) is 10.7. The fraction of sp³-hybridized carbons (Fsp3) is 0.435. The second kappa shape index (κ2) is 8.32. The number of fused-ring (bicyclic) bond motifs is 1. The average molecular weight is 430 g/mol. The molecule has 0 saturated carbocycles. The first-order valence-corrected chi connectivity index (χ1v) is 10.7. The molecule has 0 spiro atoms. The summed E-state index contributed by atoms with van der Waals surface area (Å²) in [5.74, 6) is 0.477. The van der Waals surface area contributed by atoms with Gasteiger partial charge in [0.15, 0.2) is 0 Å². The van der Waals surface area contributed by atoms with Gasteiger partial charge in [-0.1, -0.05) is 32.9 Å². The van der Waals surface area contributed by atoms with Gasteiger partial charge in [-0.25, -0.2) is 4.98 Å². The smallest absolute Gasteiger partial charge is 0.245 e. The van der Waals surface area contributed by atoms with Crippen molar-refractivity contribution in [3.63, 3.8) is 0 Å². The van der Waals surface area contributed by atoms with Crippen molar-refractivity contribution in [3.05, 3.63) is 57.8 Å². The number of nitrogens with zero attached hydrogens (tertiary/aromatic N) is 3. The number of pyridine rings is 1. The monoisotopic (exact) mass is 429 g/mol. The minimum absolute atomic E-state index is 0.108. The summed E-state index contributed by atoms with van der Waals surface area (Å²) in [5, 5.41) is 18.6. The number of aromatic nitrogens is 1. The van der Waals surface area contributed by atoms with Crippen molar-refractivity contribution in [2.75, 3.05) is 0 Å².